The van der Waals surface area contributed by atoms with E-state index in [1.165, 1.54) is 125 Å². The van der Waals surface area contributed by atoms with Crippen LogP contribution in [-0.2, 0) is 37.1 Å². The minimum atomic E-state index is -4.07. The second-order valence-corrected chi connectivity index (χ2v) is 15.0. The van der Waals surface area contributed by atoms with Crippen LogP contribution in [-0.4, -0.2) is 75.5 Å². The van der Waals surface area contributed by atoms with Gasteiger partial charge in [0.1, 0.15) is 24.9 Å². The summed E-state index contributed by atoms with van der Waals surface area (Å²) in [5.41, 5.74) is -0.613. The largest absolute Gasteiger partial charge is 0.477 e. The van der Waals surface area contributed by atoms with Crippen LogP contribution in [0.1, 0.15) is 130 Å². The molecule has 278 valence electrons. The van der Waals surface area contributed by atoms with Crippen molar-refractivity contribution in [3.63, 3.8) is 0 Å². The molecule has 2 aromatic rings. The van der Waals surface area contributed by atoms with Crippen molar-refractivity contribution in [2.75, 3.05) is 26.9 Å². The Morgan fingerprint density at radius 1 is 0.857 bits per heavy atom. The molecule has 49 heavy (non-hydrogen) atoms. The molecule has 0 radical (unpaired) electrons. The van der Waals surface area contributed by atoms with Crippen LogP contribution in [0.5, 0.6) is 0 Å². The molecule has 0 aromatic carbocycles. The molecule has 2 aliphatic rings. The molecule has 5 atom stereocenters. The number of unbranched alkanes of at least 4 members (excludes halogenated alkanes) is 15. The van der Waals surface area contributed by atoms with Gasteiger partial charge in [0.2, 0.25) is 6.29 Å². The van der Waals surface area contributed by atoms with Gasteiger partial charge >= 0.3 is 13.5 Å². The van der Waals surface area contributed by atoms with Crippen molar-refractivity contribution in [1.82, 2.24) is 24.3 Å². The van der Waals surface area contributed by atoms with Crippen molar-refractivity contribution >= 4 is 7.82 Å². The number of phosphoric ester groups is 1. The minimum absolute atomic E-state index is 0.00416. The van der Waals surface area contributed by atoms with E-state index in [1.807, 2.05) is 0 Å². The quantitative estimate of drug-likeness (QED) is 0.0714. The molecule has 0 bridgehead atoms. The Kier molecular flexibility index (Phi) is 16.8. The Hall–Kier alpha value is -2.03. The van der Waals surface area contributed by atoms with Gasteiger partial charge in [-0.05, 0) is 26.3 Å². The third kappa shape index (κ3) is 12.9. The van der Waals surface area contributed by atoms with Gasteiger partial charge in [-0.2, -0.15) is 10.1 Å². The van der Waals surface area contributed by atoms with Gasteiger partial charge in [-0.15, -0.1) is 0 Å². The lowest BCUT2D eigenvalue weighted by Gasteiger charge is -2.26. The molecule has 0 spiro atoms. The fourth-order valence-electron chi connectivity index (χ4n) is 6.22. The summed E-state index contributed by atoms with van der Waals surface area (Å²) < 4.78 is 56.2. The molecule has 15 heteroatoms. The first kappa shape index (κ1) is 39.8. The van der Waals surface area contributed by atoms with Gasteiger partial charge in [0.25, 0.3) is 0 Å². The predicted octanol–water partition coefficient (Wildman–Crippen LogP) is 7.26. The highest BCUT2D eigenvalue weighted by molar-refractivity contribution is 7.48. The first-order chi connectivity index (χ1) is 23.8. The standard InChI is InChI=1S/C34H58N5O9P/c1-5-6-7-8-9-10-11-12-13-14-15-16-17-18-19-20-23-43-24-25-44-49(41,42-4)48-32-30-29(46-34(2,3)47-30)31(45-32)38-22-21-28(37-33(38)40)39-27-35-26-36-39/h21-22,26-27,29-32H,5-20,23-25H2,1-4H3/t29-,30-,31+,32-,49?/m1/s1. The average molecular weight is 712 g/mol. The van der Waals surface area contributed by atoms with Crippen molar-refractivity contribution in [2.45, 2.75) is 154 Å². The number of nitrogens with zero attached hydrogens (tertiary/aromatic N) is 5. The highest BCUT2D eigenvalue weighted by Crippen LogP contribution is 2.54. The smallest absolute Gasteiger partial charge is 0.379 e. The zero-order chi connectivity index (χ0) is 35.0. The van der Waals surface area contributed by atoms with E-state index in [4.69, 9.17) is 32.5 Å². The number of hydrogen-bond donors (Lipinski definition) is 0. The van der Waals surface area contributed by atoms with Gasteiger partial charge in [-0.1, -0.05) is 103 Å². The van der Waals surface area contributed by atoms with E-state index in [9.17, 15) is 9.36 Å². The Bertz CT molecular complexity index is 1310. The van der Waals surface area contributed by atoms with E-state index < -0.39 is 44.0 Å². The Labute approximate surface area is 291 Å². The molecule has 0 aliphatic carbocycles. The molecule has 0 amide bonds. The summed E-state index contributed by atoms with van der Waals surface area (Å²) in [6.07, 6.45) is 21.6. The molecular weight excluding hydrogens is 653 g/mol. The zero-order valence-corrected chi connectivity index (χ0v) is 30.8. The van der Waals surface area contributed by atoms with Gasteiger partial charge in [0.05, 0.1) is 13.2 Å². The van der Waals surface area contributed by atoms with Gasteiger partial charge in [0, 0.05) is 19.9 Å². The summed E-state index contributed by atoms with van der Waals surface area (Å²) in [5.74, 6) is -0.714. The number of hydrogen-bond acceptors (Lipinski definition) is 12. The molecular formula is C34H58N5O9P. The molecule has 2 fully saturated rings. The summed E-state index contributed by atoms with van der Waals surface area (Å²) in [4.78, 5) is 20.9. The summed E-state index contributed by atoms with van der Waals surface area (Å²) >= 11 is 0. The van der Waals surface area contributed by atoms with Crippen LogP contribution in [0, 0.1) is 0 Å². The number of fused-ring (bicyclic) bond motifs is 1. The molecule has 14 nitrogen and oxygen atoms in total. The van der Waals surface area contributed by atoms with E-state index in [1.54, 1.807) is 19.9 Å². The van der Waals surface area contributed by atoms with Gasteiger partial charge in [-0.3, -0.25) is 18.1 Å². The summed E-state index contributed by atoms with van der Waals surface area (Å²) in [7, 11) is -2.84. The third-order valence-corrected chi connectivity index (χ3v) is 10.2. The van der Waals surface area contributed by atoms with E-state index in [0.717, 1.165) is 12.8 Å². The molecule has 0 saturated carbocycles. The highest BCUT2D eigenvalue weighted by atomic mass is 31.2. The Balaban J connectivity index is 1.09. The van der Waals surface area contributed by atoms with Crippen LogP contribution in [0.4, 0.5) is 0 Å². The molecule has 0 N–H and O–H groups in total. The zero-order valence-electron chi connectivity index (χ0n) is 29.9. The van der Waals surface area contributed by atoms with Crippen LogP contribution < -0.4 is 5.69 Å². The van der Waals surface area contributed by atoms with E-state index in [-0.39, 0.29) is 13.2 Å². The molecule has 2 saturated heterocycles. The normalized spacial score (nSPS) is 22.8. The molecule has 2 aliphatic heterocycles. The van der Waals surface area contributed by atoms with Crippen LogP contribution in [0.15, 0.2) is 29.7 Å². The van der Waals surface area contributed by atoms with Crippen LogP contribution >= 0.6 is 7.82 Å². The van der Waals surface area contributed by atoms with Crippen molar-refractivity contribution in [3.8, 4) is 5.82 Å². The lowest BCUT2D eigenvalue weighted by Crippen LogP contribution is -2.35. The topological polar surface area (TPSA) is 147 Å². The van der Waals surface area contributed by atoms with Crippen molar-refractivity contribution in [1.29, 1.82) is 0 Å². The maximum absolute atomic E-state index is 13.4. The summed E-state index contributed by atoms with van der Waals surface area (Å²) in [6.45, 7) is 6.59. The monoisotopic (exact) mass is 711 g/mol. The van der Waals surface area contributed by atoms with Crippen molar-refractivity contribution in [2.24, 2.45) is 0 Å². The fourth-order valence-corrected chi connectivity index (χ4v) is 7.19. The molecule has 1 unspecified atom stereocenters. The third-order valence-electron chi connectivity index (χ3n) is 8.81. The van der Waals surface area contributed by atoms with E-state index in [2.05, 4.69) is 22.0 Å². The van der Waals surface area contributed by atoms with E-state index in [0.29, 0.717) is 12.4 Å². The molecule has 2 aromatic heterocycles. The number of aromatic nitrogens is 5. The van der Waals surface area contributed by atoms with Crippen molar-refractivity contribution < 1.29 is 37.1 Å². The van der Waals surface area contributed by atoms with E-state index >= 15 is 0 Å². The average Bonchev–Trinajstić information content (AvgIpc) is 3.80. The number of ether oxygens (including phenoxy) is 4. The highest BCUT2D eigenvalue weighted by Gasteiger charge is 2.58. The second kappa shape index (κ2) is 20.7. The van der Waals surface area contributed by atoms with Crippen LogP contribution in [0.2, 0.25) is 0 Å². The first-order valence-electron chi connectivity index (χ1n) is 18.3. The van der Waals surface area contributed by atoms with Gasteiger partial charge in [-0.25, -0.2) is 19.0 Å². The Morgan fingerprint density at radius 3 is 2.04 bits per heavy atom. The van der Waals surface area contributed by atoms with Crippen LogP contribution in [0.3, 0.4) is 0 Å². The lowest BCUT2D eigenvalue weighted by molar-refractivity contribution is -0.228. The summed E-state index contributed by atoms with van der Waals surface area (Å²) in [6, 6.07) is 1.59. The predicted molar refractivity (Wildman–Crippen MR) is 183 cm³/mol. The van der Waals surface area contributed by atoms with Crippen LogP contribution in [0.25, 0.3) is 5.82 Å². The maximum atomic E-state index is 13.4. The molecule has 4 rings (SSSR count). The molecule has 4 heterocycles. The van der Waals surface area contributed by atoms with Gasteiger partial charge < -0.3 is 18.9 Å². The SMILES string of the molecule is CCCCCCCCCCCCCCCCCCOCCOP(=O)(OC)O[C@H]1O[C@H](n2ccc(-n3cncn3)nc2=O)[C@@H]2OC(C)(C)O[C@@H]12. The fraction of sp³-hybridized carbons (Fsp3) is 0.824. The number of phosphoric acid groups is 1. The Morgan fingerprint density at radius 2 is 1.47 bits per heavy atom. The van der Waals surface area contributed by atoms with Gasteiger partial charge in [0.15, 0.2) is 17.8 Å². The van der Waals surface area contributed by atoms with Crippen molar-refractivity contribution in [3.05, 3.63) is 35.4 Å². The maximum Gasteiger partial charge on any atom is 0.477 e. The minimum Gasteiger partial charge on any atom is -0.379 e. The first-order valence-corrected chi connectivity index (χ1v) is 19.7. The summed E-state index contributed by atoms with van der Waals surface area (Å²) in [5, 5.41) is 4.00. The number of rotatable bonds is 26. The lowest BCUT2D eigenvalue weighted by atomic mass is 10.0. The second-order valence-electron chi connectivity index (χ2n) is 13.3.